The zero-order chi connectivity index (χ0) is 13.0. The van der Waals surface area contributed by atoms with E-state index in [-0.39, 0.29) is 11.9 Å². The maximum atomic E-state index is 13.6. The topological polar surface area (TPSA) is 24.9 Å². The normalized spacial score (nSPS) is 12.4. The monoisotopic (exact) mass is 308 g/mol. The Balaban J connectivity index is 2.00. The molecule has 0 spiro atoms. The van der Waals surface area contributed by atoms with Gasteiger partial charge in [0, 0.05) is 35.0 Å². The Bertz CT molecular complexity index is 531. The fraction of sp³-hybridized carbons (Fsp3) is 0.214. The van der Waals surface area contributed by atoms with Crippen molar-refractivity contribution in [1.29, 1.82) is 0 Å². The molecule has 0 aliphatic heterocycles. The number of benzene rings is 1. The quantitative estimate of drug-likeness (QED) is 0.928. The third kappa shape index (κ3) is 3.37. The number of hydrogen-bond acceptors (Lipinski definition) is 2. The Kier molecular flexibility index (Phi) is 4.44. The van der Waals surface area contributed by atoms with Gasteiger partial charge in [-0.2, -0.15) is 0 Å². The first-order chi connectivity index (χ1) is 8.66. The standard InChI is InChI=1S/C14H14BrFN2/c1-10(13-4-2-3-5-14(13)16)18-8-11-6-12(15)9-17-7-11/h2-7,9-10,18H,8H2,1H3/t10-/m1/s1. The first-order valence-electron chi connectivity index (χ1n) is 5.74. The molecule has 0 radical (unpaired) electrons. The highest BCUT2D eigenvalue weighted by molar-refractivity contribution is 9.10. The summed E-state index contributed by atoms with van der Waals surface area (Å²) >= 11 is 3.38. The van der Waals surface area contributed by atoms with Gasteiger partial charge >= 0.3 is 0 Å². The second kappa shape index (κ2) is 6.07. The van der Waals surface area contributed by atoms with Gasteiger partial charge in [0.1, 0.15) is 5.82 Å². The summed E-state index contributed by atoms with van der Waals surface area (Å²) in [6.45, 7) is 2.60. The summed E-state index contributed by atoms with van der Waals surface area (Å²) in [5, 5.41) is 3.28. The van der Waals surface area contributed by atoms with E-state index in [1.165, 1.54) is 6.07 Å². The fourth-order valence-electron chi connectivity index (χ4n) is 1.76. The number of halogens is 2. The number of aromatic nitrogens is 1. The van der Waals surface area contributed by atoms with Gasteiger partial charge in [0.25, 0.3) is 0 Å². The van der Waals surface area contributed by atoms with Crippen LogP contribution in [0.2, 0.25) is 0 Å². The Morgan fingerprint density at radius 1 is 1.33 bits per heavy atom. The molecule has 0 aliphatic carbocycles. The molecule has 0 aliphatic rings. The Morgan fingerprint density at radius 3 is 2.83 bits per heavy atom. The largest absolute Gasteiger partial charge is 0.306 e. The van der Waals surface area contributed by atoms with E-state index in [4.69, 9.17) is 0 Å². The first-order valence-corrected chi connectivity index (χ1v) is 6.53. The molecule has 4 heteroatoms. The van der Waals surface area contributed by atoms with E-state index < -0.39 is 0 Å². The summed E-state index contributed by atoms with van der Waals surface area (Å²) in [7, 11) is 0. The molecule has 2 nitrogen and oxygen atoms in total. The smallest absolute Gasteiger partial charge is 0.127 e. The van der Waals surface area contributed by atoms with Crippen molar-refractivity contribution >= 4 is 15.9 Å². The average Bonchev–Trinajstić information content (AvgIpc) is 2.37. The van der Waals surface area contributed by atoms with Crippen LogP contribution in [0.4, 0.5) is 4.39 Å². The van der Waals surface area contributed by atoms with Gasteiger partial charge < -0.3 is 5.32 Å². The molecule has 94 valence electrons. The van der Waals surface area contributed by atoms with Gasteiger partial charge in [-0.1, -0.05) is 18.2 Å². The molecule has 2 rings (SSSR count). The van der Waals surface area contributed by atoms with Gasteiger partial charge in [-0.05, 0) is 40.5 Å². The number of nitrogens with zero attached hydrogens (tertiary/aromatic N) is 1. The highest BCUT2D eigenvalue weighted by atomic mass is 79.9. The second-order valence-electron chi connectivity index (χ2n) is 4.14. The predicted octanol–water partition coefficient (Wildman–Crippen LogP) is 3.83. The van der Waals surface area contributed by atoms with E-state index in [1.807, 2.05) is 19.1 Å². The van der Waals surface area contributed by atoms with Gasteiger partial charge in [0.15, 0.2) is 0 Å². The van der Waals surface area contributed by atoms with Gasteiger partial charge in [0.05, 0.1) is 0 Å². The van der Waals surface area contributed by atoms with Crippen molar-refractivity contribution in [3.8, 4) is 0 Å². The summed E-state index contributed by atoms with van der Waals surface area (Å²) in [6.07, 6.45) is 3.54. The van der Waals surface area contributed by atoms with E-state index in [0.717, 1.165) is 10.0 Å². The highest BCUT2D eigenvalue weighted by Crippen LogP contribution is 2.17. The Labute approximate surface area is 114 Å². The minimum absolute atomic E-state index is 0.0369. The maximum Gasteiger partial charge on any atom is 0.127 e. The lowest BCUT2D eigenvalue weighted by Crippen LogP contribution is -2.19. The van der Waals surface area contributed by atoms with Crippen LogP contribution in [0.25, 0.3) is 0 Å². The SMILES string of the molecule is C[C@@H](NCc1cncc(Br)c1)c1ccccc1F. The van der Waals surface area contributed by atoms with E-state index in [0.29, 0.717) is 12.1 Å². The third-order valence-electron chi connectivity index (χ3n) is 2.75. The molecule has 1 atom stereocenters. The van der Waals surface area contributed by atoms with Crippen molar-refractivity contribution in [3.05, 3.63) is 64.1 Å². The molecule has 2 aromatic rings. The molecule has 1 N–H and O–H groups in total. The van der Waals surface area contributed by atoms with Crippen molar-refractivity contribution in [2.24, 2.45) is 0 Å². The van der Waals surface area contributed by atoms with E-state index in [9.17, 15) is 4.39 Å². The fourth-order valence-corrected chi connectivity index (χ4v) is 2.17. The van der Waals surface area contributed by atoms with Crippen LogP contribution >= 0.6 is 15.9 Å². The summed E-state index contributed by atoms with van der Waals surface area (Å²) in [5.41, 5.74) is 1.74. The minimum atomic E-state index is -0.176. The zero-order valence-corrected chi connectivity index (χ0v) is 11.6. The van der Waals surface area contributed by atoms with Crippen LogP contribution in [0.15, 0.2) is 47.2 Å². The van der Waals surface area contributed by atoms with Crippen LogP contribution in [0.5, 0.6) is 0 Å². The Morgan fingerprint density at radius 2 is 2.11 bits per heavy atom. The van der Waals surface area contributed by atoms with Crippen molar-refractivity contribution in [1.82, 2.24) is 10.3 Å². The lowest BCUT2D eigenvalue weighted by Gasteiger charge is -2.15. The van der Waals surface area contributed by atoms with E-state index >= 15 is 0 Å². The van der Waals surface area contributed by atoms with Crippen LogP contribution in [-0.2, 0) is 6.54 Å². The highest BCUT2D eigenvalue weighted by Gasteiger charge is 2.09. The lowest BCUT2D eigenvalue weighted by molar-refractivity contribution is 0.528. The summed E-state index contributed by atoms with van der Waals surface area (Å²) < 4.78 is 14.5. The molecule has 1 aromatic carbocycles. The maximum absolute atomic E-state index is 13.6. The molecule has 18 heavy (non-hydrogen) atoms. The van der Waals surface area contributed by atoms with Crippen LogP contribution in [0.1, 0.15) is 24.1 Å². The molecule has 0 bridgehead atoms. The third-order valence-corrected chi connectivity index (χ3v) is 3.18. The zero-order valence-electron chi connectivity index (χ0n) is 10.0. The molecule has 1 heterocycles. The van der Waals surface area contributed by atoms with Crippen molar-refractivity contribution in [2.45, 2.75) is 19.5 Å². The number of pyridine rings is 1. The number of hydrogen-bond donors (Lipinski definition) is 1. The molecular formula is C14H14BrFN2. The molecule has 0 saturated heterocycles. The van der Waals surface area contributed by atoms with Gasteiger partial charge in [-0.3, -0.25) is 4.98 Å². The van der Waals surface area contributed by atoms with Crippen LogP contribution in [0.3, 0.4) is 0 Å². The second-order valence-corrected chi connectivity index (χ2v) is 5.05. The van der Waals surface area contributed by atoms with Gasteiger partial charge in [-0.15, -0.1) is 0 Å². The van der Waals surface area contributed by atoms with Crippen molar-refractivity contribution < 1.29 is 4.39 Å². The average molecular weight is 309 g/mol. The van der Waals surface area contributed by atoms with Crippen LogP contribution in [0, 0.1) is 5.82 Å². The summed E-state index contributed by atoms with van der Waals surface area (Å²) in [4.78, 5) is 4.09. The molecule has 0 fully saturated rings. The van der Waals surface area contributed by atoms with Gasteiger partial charge in [0.2, 0.25) is 0 Å². The van der Waals surface area contributed by atoms with E-state index in [2.05, 4.69) is 26.2 Å². The summed E-state index contributed by atoms with van der Waals surface area (Å²) in [6, 6.07) is 8.78. The molecule has 0 amide bonds. The van der Waals surface area contributed by atoms with Crippen molar-refractivity contribution in [3.63, 3.8) is 0 Å². The van der Waals surface area contributed by atoms with Crippen LogP contribution < -0.4 is 5.32 Å². The molecule has 1 aromatic heterocycles. The minimum Gasteiger partial charge on any atom is -0.306 e. The van der Waals surface area contributed by atoms with Gasteiger partial charge in [-0.25, -0.2) is 4.39 Å². The molecular weight excluding hydrogens is 295 g/mol. The molecule has 0 unspecified atom stereocenters. The van der Waals surface area contributed by atoms with Crippen molar-refractivity contribution in [2.75, 3.05) is 0 Å². The predicted molar refractivity (Wildman–Crippen MR) is 73.6 cm³/mol. The summed E-state index contributed by atoms with van der Waals surface area (Å²) in [5.74, 6) is -0.176. The van der Waals surface area contributed by atoms with E-state index in [1.54, 1.807) is 24.5 Å². The number of nitrogens with one attached hydrogen (secondary N) is 1. The Hall–Kier alpha value is -1.26. The first kappa shape index (κ1) is 13.2. The number of rotatable bonds is 4. The lowest BCUT2D eigenvalue weighted by atomic mass is 10.1. The van der Waals surface area contributed by atoms with Crippen LogP contribution in [-0.4, -0.2) is 4.98 Å². The molecule has 0 saturated carbocycles.